The molecule has 2 rings (SSSR count). The first-order valence-electron chi connectivity index (χ1n) is 6.47. The Morgan fingerprint density at radius 3 is 2.48 bits per heavy atom. The maximum absolute atomic E-state index is 12.4. The molecule has 1 aromatic heterocycles. The van der Waals surface area contributed by atoms with Gasteiger partial charge in [-0.15, -0.1) is 4.83 Å². The van der Waals surface area contributed by atoms with Gasteiger partial charge in [0.15, 0.2) is 0 Å². The molecule has 2 N–H and O–H groups in total. The Morgan fingerprint density at radius 2 is 1.91 bits per heavy atom. The van der Waals surface area contributed by atoms with Crippen molar-refractivity contribution in [3.63, 3.8) is 0 Å². The van der Waals surface area contributed by atoms with Crippen molar-refractivity contribution in [2.75, 3.05) is 14.2 Å². The van der Waals surface area contributed by atoms with E-state index in [1.165, 1.54) is 38.7 Å². The van der Waals surface area contributed by atoms with E-state index in [4.69, 9.17) is 13.9 Å². The fraction of sp³-hybridized carbons (Fsp3) is 0.214. The van der Waals surface area contributed by atoms with Crippen LogP contribution in [0.25, 0.3) is 0 Å². The van der Waals surface area contributed by atoms with Gasteiger partial charge in [0.2, 0.25) is 0 Å². The quantitative estimate of drug-likeness (QED) is 0.766. The van der Waals surface area contributed by atoms with Crippen LogP contribution < -0.4 is 19.7 Å². The van der Waals surface area contributed by atoms with Crippen LogP contribution in [0.4, 0.5) is 0 Å². The average Bonchev–Trinajstić information content (AvgIpc) is 2.98. The SMILES string of the molecule is COc1ccc(OC)c(S(=O)(=O)NNC(=O)c2ccoc2C)c1. The molecule has 8 nitrogen and oxygen atoms in total. The van der Waals surface area contributed by atoms with Gasteiger partial charge >= 0.3 is 0 Å². The zero-order valence-corrected chi connectivity index (χ0v) is 13.6. The van der Waals surface area contributed by atoms with Crippen molar-refractivity contribution in [1.82, 2.24) is 10.3 Å². The van der Waals surface area contributed by atoms with Gasteiger partial charge in [-0.05, 0) is 25.1 Å². The lowest BCUT2D eigenvalue weighted by atomic mass is 10.2. The summed E-state index contributed by atoms with van der Waals surface area (Å²) in [4.78, 5) is 13.8. The van der Waals surface area contributed by atoms with Crippen LogP contribution in [0.3, 0.4) is 0 Å². The number of amides is 1. The number of carbonyl (C=O) groups excluding carboxylic acids is 1. The summed E-state index contributed by atoms with van der Waals surface area (Å²) in [5.41, 5.74) is 2.35. The molecule has 1 amide bonds. The van der Waals surface area contributed by atoms with E-state index >= 15 is 0 Å². The fourth-order valence-corrected chi connectivity index (χ4v) is 2.87. The Labute approximate surface area is 133 Å². The number of nitrogens with one attached hydrogen (secondary N) is 2. The number of sulfonamides is 1. The number of carbonyl (C=O) groups is 1. The Bertz CT molecular complexity index is 812. The molecule has 0 saturated heterocycles. The molecule has 0 bridgehead atoms. The smallest absolute Gasteiger partial charge is 0.269 e. The first-order valence-corrected chi connectivity index (χ1v) is 7.95. The van der Waals surface area contributed by atoms with Crippen LogP contribution in [0.1, 0.15) is 16.1 Å². The van der Waals surface area contributed by atoms with E-state index in [1.807, 2.05) is 4.83 Å². The minimum absolute atomic E-state index is 0.118. The second-order valence-electron chi connectivity index (χ2n) is 4.47. The maximum Gasteiger partial charge on any atom is 0.269 e. The second kappa shape index (κ2) is 6.71. The molecule has 0 saturated carbocycles. The molecule has 2 aromatic rings. The van der Waals surface area contributed by atoms with Crippen molar-refractivity contribution < 1.29 is 27.1 Å². The van der Waals surface area contributed by atoms with Crippen molar-refractivity contribution in [1.29, 1.82) is 0 Å². The van der Waals surface area contributed by atoms with E-state index in [1.54, 1.807) is 13.0 Å². The fourth-order valence-electron chi connectivity index (χ4n) is 1.85. The summed E-state index contributed by atoms with van der Waals surface area (Å²) in [5.74, 6) is 0.192. The van der Waals surface area contributed by atoms with Crippen molar-refractivity contribution >= 4 is 15.9 Å². The van der Waals surface area contributed by atoms with Crippen LogP contribution in [0.15, 0.2) is 39.8 Å². The van der Waals surface area contributed by atoms with E-state index in [-0.39, 0.29) is 16.2 Å². The number of methoxy groups -OCH3 is 2. The number of furan rings is 1. The zero-order chi connectivity index (χ0) is 17.0. The number of hydrogen-bond acceptors (Lipinski definition) is 6. The highest BCUT2D eigenvalue weighted by Crippen LogP contribution is 2.27. The summed E-state index contributed by atoms with van der Waals surface area (Å²) in [6, 6.07) is 5.74. The molecule has 23 heavy (non-hydrogen) atoms. The molecule has 0 aliphatic heterocycles. The first-order chi connectivity index (χ1) is 10.9. The summed E-state index contributed by atoms with van der Waals surface area (Å²) >= 11 is 0. The van der Waals surface area contributed by atoms with Crippen LogP contribution in [-0.4, -0.2) is 28.5 Å². The van der Waals surface area contributed by atoms with Gasteiger partial charge in [0.05, 0.1) is 26.0 Å². The van der Waals surface area contributed by atoms with Crippen LogP contribution in [0.5, 0.6) is 11.5 Å². The predicted octanol–water partition coefficient (Wildman–Crippen LogP) is 1.23. The predicted molar refractivity (Wildman–Crippen MR) is 80.8 cm³/mol. The van der Waals surface area contributed by atoms with Crippen molar-refractivity contribution in [2.24, 2.45) is 0 Å². The first kappa shape index (κ1) is 16.8. The van der Waals surface area contributed by atoms with Gasteiger partial charge < -0.3 is 13.9 Å². The molecular weight excluding hydrogens is 324 g/mol. The topological polar surface area (TPSA) is 107 Å². The number of aryl methyl sites for hydroxylation is 1. The van der Waals surface area contributed by atoms with Gasteiger partial charge in [0.1, 0.15) is 22.2 Å². The number of benzene rings is 1. The van der Waals surface area contributed by atoms with Crippen LogP contribution in [0, 0.1) is 6.92 Å². The van der Waals surface area contributed by atoms with Crippen LogP contribution in [-0.2, 0) is 10.0 Å². The summed E-state index contributed by atoms with van der Waals surface area (Å²) in [6.07, 6.45) is 1.34. The Morgan fingerprint density at radius 1 is 1.17 bits per heavy atom. The Hall–Kier alpha value is -2.52. The standard InChI is InChI=1S/C14H16N2O6S/c1-9-11(6-7-22-9)14(17)15-16-23(18,19)13-8-10(20-2)4-5-12(13)21-3/h4-8,16H,1-3H3,(H,15,17). The number of hydrazine groups is 1. The lowest BCUT2D eigenvalue weighted by Gasteiger charge is -2.12. The molecule has 0 spiro atoms. The van der Waals surface area contributed by atoms with Gasteiger partial charge in [-0.3, -0.25) is 10.2 Å². The highest BCUT2D eigenvalue weighted by molar-refractivity contribution is 7.89. The number of ether oxygens (including phenoxy) is 2. The minimum atomic E-state index is -4.05. The third kappa shape index (κ3) is 3.63. The average molecular weight is 340 g/mol. The molecule has 0 aliphatic rings. The Balaban J connectivity index is 2.22. The van der Waals surface area contributed by atoms with Crippen molar-refractivity contribution in [3.05, 3.63) is 41.9 Å². The van der Waals surface area contributed by atoms with E-state index < -0.39 is 15.9 Å². The molecule has 9 heteroatoms. The maximum atomic E-state index is 12.4. The highest BCUT2D eigenvalue weighted by Gasteiger charge is 2.22. The third-order valence-electron chi connectivity index (χ3n) is 3.06. The summed E-state index contributed by atoms with van der Waals surface area (Å²) < 4.78 is 39.7. The molecule has 0 unspecified atom stereocenters. The van der Waals surface area contributed by atoms with Gasteiger partial charge in [-0.2, -0.15) is 0 Å². The summed E-state index contributed by atoms with van der Waals surface area (Å²) in [5, 5.41) is 0. The van der Waals surface area contributed by atoms with E-state index in [2.05, 4.69) is 5.43 Å². The van der Waals surface area contributed by atoms with Gasteiger partial charge in [-0.25, -0.2) is 8.42 Å². The molecule has 0 atom stereocenters. The van der Waals surface area contributed by atoms with E-state index in [9.17, 15) is 13.2 Å². The van der Waals surface area contributed by atoms with Crippen molar-refractivity contribution in [3.8, 4) is 11.5 Å². The van der Waals surface area contributed by atoms with Crippen LogP contribution >= 0.6 is 0 Å². The molecule has 124 valence electrons. The molecule has 1 aromatic carbocycles. The highest BCUT2D eigenvalue weighted by atomic mass is 32.2. The van der Waals surface area contributed by atoms with Crippen LogP contribution in [0.2, 0.25) is 0 Å². The van der Waals surface area contributed by atoms with E-state index in [0.717, 1.165) is 0 Å². The van der Waals surface area contributed by atoms with Gasteiger partial charge in [0.25, 0.3) is 15.9 Å². The largest absolute Gasteiger partial charge is 0.497 e. The molecular formula is C14H16N2O6S. The molecule has 0 aliphatic carbocycles. The molecule has 0 fully saturated rings. The Kier molecular flexibility index (Phi) is 4.92. The third-order valence-corrected chi connectivity index (χ3v) is 4.33. The van der Waals surface area contributed by atoms with Gasteiger partial charge in [0, 0.05) is 6.07 Å². The minimum Gasteiger partial charge on any atom is -0.497 e. The monoisotopic (exact) mass is 340 g/mol. The second-order valence-corrected chi connectivity index (χ2v) is 6.12. The molecule has 0 radical (unpaired) electrons. The summed E-state index contributed by atoms with van der Waals surface area (Å²) in [7, 11) is -1.30. The lowest BCUT2D eigenvalue weighted by Crippen LogP contribution is -2.41. The lowest BCUT2D eigenvalue weighted by molar-refractivity contribution is 0.0943. The number of hydrogen-bond donors (Lipinski definition) is 2. The van der Waals surface area contributed by atoms with Crippen molar-refractivity contribution in [2.45, 2.75) is 11.8 Å². The van der Waals surface area contributed by atoms with E-state index in [0.29, 0.717) is 11.5 Å². The van der Waals surface area contributed by atoms with Gasteiger partial charge in [-0.1, -0.05) is 0 Å². The molecule has 1 heterocycles. The number of rotatable bonds is 6. The normalized spacial score (nSPS) is 11.1. The zero-order valence-electron chi connectivity index (χ0n) is 12.7. The summed E-state index contributed by atoms with van der Waals surface area (Å²) in [6.45, 7) is 1.59.